The van der Waals surface area contributed by atoms with E-state index in [0.717, 1.165) is 90.1 Å². The first-order chi connectivity index (χ1) is 24.4. The van der Waals surface area contributed by atoms with Crippen LogP contribution in [0, 0.1) is 17.8 Å². The molecule has 0 aliphatic heterocycles. The predicted octanol–water partition coefficient (Wildman–Crippen LogP) is 13.7. The maximum atomic E-state index is 13.3. The van der Waals surface area contributed by atoms with Gasteiger partial charge in [0.05, 0.1) is 25.0 Å². The molecule has 0 bridgehead atoms. The first-order valence-corrected chi connectivity index (χ1v) is 22.4. The normalized spacial score (nSPS) is 13.4. The molecule has 0 heterocycles. The maximum Gasteiger partial charge on any atom is 0.308 e. The van der Waals surface area contributed by atoms with Gasteiger partial charge in [-0.05, 0) is 83.8 Å². The van der Waals surface area contributed by atoms with E-state index in [1.54, 1.807) is 0 Å². The van der Waals surface area contributed by atoms with E-state index >= 15 is 0 Å². The van der Waals surface area contributed by atoms with Crippen LogP contribution in [-0.2, 0) is 19.1 Å². The van der Waals surface area contributed by atoms with E-state index in [1.807, 2.05) is 0 Å². The molecule has 0 aliphatic carbocycles. The zero-order chi connectivity index (χ0) is 36.9. The van der Waals surface area contributed by atoms with Crippen molar-refractivity contribution in [2.45, 2.75) is 227 Å². The minimum Gasteiger partial charge on any atom is -0.465 e. The van der Waals surface area contributed by atoms with Gasteiger partial charge in [0, 0.05) is 0 Å². The number of esters is 2. The molecule has 2 atom stereocenters. The van der Waals surface area contributed by atoms with Crippen LogP contribution < -0.4 is 0 Å². The van der Waals surface area contributed by atoms with Gasteiger partial charge in [0.15, 0.2) is 0 Å². The molecule has 0 rings (SSSR count). The molecule has 0 N–H and O–H groups in total. The van der Waals surface area contributed by atoms with Crippen LogP contribution >= 0.6 is 0 Å². The van der Waals surface area contributed by atoms with Gasteiger partial charge in [0.25, 0.3) is 0 Å². The van der Waals surface area contributed by atoms with Gasteiger partial charge >= 0.3 is 11.9 Å². The molecule has 0 aromatic heterocycles. The van der Waals surface area contributed by atoms with E-state index < -0.39 is 0 Å². The SMILES string of the molecule is CCCCCCCCC(CCCCCC)C(=O)OCCC(CCCN(C)CCCC)CCOC(=O)C(CCCCCC)CCCCCCCC. The minimum atomic E-state index is 0.0279. The van der Waals surface area contributed by atoms with Gasteiger partial charge in [-0.2, -0.15) is 0 Å². The van der Waals surface area contributed by atoms with Crippen LogP contribution in [0.5, 0.6) is 0 Å². The van der Waals surface area contributed by atoms with Crippen molar-refractivity contribution in [2.75, 3.05) is 33.4 Å². The Kier molecular flexibility index (Phi) is 36.8. The van der Waals surface area contributed by atoms with Gasteiger partial charge in [0.1, 0.15) is 0 Å². The van der Waals surface area contributed by atoms with E-state index in [9.17, 15) is 9.59 Å². The number of carbonyl (C=O) groups excluding carboxylic acids is 2. The Morgan fingerprint density at radius 2 is 0.720 bits per heavy atom. The summed E-state index contributed by atoms with van der Waals surface area (Å²) < 4.78 is 12.0. The van der Waals surface area contributed by atoms with E-state index in [0.29, 0.717) is 19.1 Å². The Hall–Kier alpha value is -1.10. The highest BCUT2D eigenvalue weighted by molar-refractivity contribution is 5.72. The Morgan fingerprint density at radius 3 is 1.10 bits per heavy atom. The maximum absolute atomic E-state index is 13.3. The second-order valence-electron chi connectivity index (χ2n) is 15.8. The third-order valence-electron chi connectivity index (χ3n) is 10.9. The summed E-state index contributed by atoms with van der Waals surface area (Å²) >= 11 is 0. The minimum absolute atomic E-state index is 0.0279. The fourth-order valence-electron chi connectivity index (χ4n) is 7.25. The molecule has 0 saturated heterocycles. The third-order valence-corrected chi connectivity index (χ3v) is 10.9. The molecular formula is C45H89NO4. The summed E-state index contributed by atoms with van der Waals surface area (Å²) in [7, 11) is 2.23. The summed E-state index contributed by atoms with van der Waals surface area (Å²) in [6.45, 7) is 14.5. The monoisotopic (exact) mass is 708 g/mol. The highest BCUT2D eigenvalue weighted by Gasteiger charge is 2.22. The van der Waals surface area contributed by atoms with Crippen molar-refractivity contribution in [2.24, 2.45) is 17.8 Å². The van der Waals surface area contributed by atoms with E-state index in [4.69, 9.17) is 9.47 Å². The lowest BCUT2D eigenvalue weighted by Crippen LogP contribution is -2.23. The second-order valence-corrected chi connectivity index (χ2v) is 15.8. The number of carbonyl (C=O) groups is 2. The van der Waals surface area contributed by atoms with Crippen molar-refractivity contribution in [1.82, 2.24) is 4.90 Å². The van der Waals surface area contributed by atoms with Crippen LogP contribution in [0.2, 0.25) is 0 Å². The third kappa shape index (κ3) is 30.5. The molecule has 0 spiro atoms. The standard InChI is InChI=1S/C45H89NO4/c1-7-12-17-21-23-27-33-42(31-25-19-14-9-3)44(47)49-39-35-41(30-29-38-46(6)37-16-11-5)36-40-50-45(48)43(32-26-20-15-10-4)34-28-24-22-18-13-8-2/h41-43H,7-40H2,1-6H3. The summed E-state index contributed by atoms with van der Waals surface area (Å²) in [4.78, 5) is 29.1. The van der Waals surface area contributed by atoms with Crippen molar-refractivity contribution in [3.8, 4) is 0 Å². The number of nitrogens with zero attached hydrogens (tertiary/aromatic N) is 1. The molecule has 0 saturated carbocycles. The molecule has 0 aliphatic rings. The quantitative estimate of drug-likeness (QED) is 0.0470. The number of ether oxygens (including phenoxy) is 2. The Balaban J connectivity index is 5.11. The second kappa shape index (κ2) is 37.7. The summed E-state index contributed by atoms with van der Waals surface area (Å²) in [5, 5.41) is 0. The first-order valence-electron chi connectivity index (χ1n) is 22.4. The number of hydrogen-bond acceptors (Lipinski definition) is 5. The lowest BCUT2D eigenvalue weighted by atomic mass is 9.94. The van der Waals surface area contributed by atoms with E-state index in [2.05, 4.69) is 46.6 Å². The van der Waals surface area contributed by atoms with Gasteiger partial charge in [-0.25, -0.2) is 0 Å². The number of rotatable bonds is 39. The Bertz CT molecular complexity index is 678. The summed E-state index contributed by atoms with van der Waals surface area (Å²) in [5.41, 5.74) is 0. The zero-order valence-corrected chi connectivity index (χ0v) is 34.9. The predicted molar refractivity (Wildman–Crippen MR) is 217 cm³/mol. The molecule has 5 heteroatoms. The Morgan fingerprint density at radius 1 is 0.400 bits per heavy atom. The average molecular weight is 708 g/mol. The number of hydrogen-bond donors (Lipinski definition) is 0. The van der Waals surface area contributed by atoms with Gasteiger partial charge in [-0.1, -0.05) is 169 Å². The molecular weight excluding hydrogens is 618 g/mol. The topological polar surface area (TPSA) is 55.8 Å². The average Bonchev–Trinajstić information content (AvgIpc) is 3.11. The molecule has 0 aromatic carbocycles. The molecule has 0 radical (unpaired) electrons. The Labute approximate surface area is 313 Å². The fraction of sp³-hybridized carbons (Fsp3) is 0.956. The van der Waals surface area contributed by atoms with Crippen LogP contribution in [0.1, 0.15) is 227 Å². The summed E-state index contributed by atoms with van der Waals surface area (Å²) in [5.74, 6) is 0.551. The molecule has 5 nitrogen and oxygen atoms in total. The van der Waals surface area contributed by atoms with Crippen molar-refractivity contribution < 1.29 is 19.1 Å². The molecule has 0 aromatic rings. The summed E-state index contributed by atoms with van der Waals surface area (Å²) in [6.07, 6.45) is 35.0. The van der Waals surface area contributed by atoms with Gasteiger partial charge in [-0.3, -0.25) is 9.59 Å². The van der Waals surface area contributed by atoms with Crippen LogP contribution in [0.3, 0.4) is 0 Å². The van der Waals surface area contributed by atoms with Crippen molar-refractivity contribution in [3.63, 3.8) is 0 Å². The summed E-state index contributed by atoms with van der Waals surface area (Å²) in [6, 6.07) is 0. The first kappa shape index (κ1) is 48.9. The highest BCUT2D eigenvalue weighted by Crippen LogP contribution is 2.24. The molecule has 298 valence electrons. The fourth-order valence-corrected chi connectivity index (χ4v) is 7.25. The van der Waals surface area contributed by atoms with Gasteiger partial charge < -0.3 is 14.4 Å². The van der Waals surface area contributed by atoms with Crippen LogP contribution in [0.4, 0.5) is 0 Å². The van der Waals surface area contributed by atoms with Crippen LogP contribution in [0.15, 0.2) is 0 Å². The smallest absolute Gasteiger partial charge is 0.308 e. The van der Waals surface area contributed by atoms with Gasteiger partial charge in [-0.15, -0.1) is 0 Å². The lowest BCUT2D eigenvalue weighted by molar-refractivity contribution is -0.149. The van der Waals surface area contributed by atoms with E-state index in [1.165, 1.54) is 116 Å². The van der Waals surface area contributed by atoms with E-state index in [-0.39, 0.29) is 23.8 Å². The largest absolute Gasteiger partial charge is 0.465 e. The molecule has 50 heavy (non-hydrogen) atoms. The van der Waals surface area contributed by atoms with Crippen LogP contribution in [0.25, 0.3) is 0 Å². The lowest BCUT2D eigenvalue weighted by Gasteiger charge is -2.22. The highest BCUT2D eigenvalue weighted by atomic mass is 16.5. The molecule has 0 fully saturated rings. The molecule has 2 unspecified atom stereocenters. The zero-order valence-electron chi connectivity index (χ0n) is 34.9. The van der Waals surface area contributed by atoms with Crippen molar-refractivity contribution in [1.29, 1.82) is 0 Å². The molecule has 0 amide bonds. The van der Waals surface area contributed by atoms with Crippen LogP contribution in [-0.4, -0.2) is 50.2 Å². The van der Waals surface area contributed by atoms with Crippen molar-refractivity contribution >= 4 is 11.9 Å². The van der Waals surface area contributed by atoms with Gasteiger partial charge in [0.2, 0.25) is 0 Å². The van der Waals surface area contributed by atoms with Crippen molar-refractivity contribution in [3.05, 3.63) is 0 Å². The number of unbranched alkanes of at least 4 members (excludes halogenated alkanes) is 17.